The summed E-state index contributed by atoms with van der Waals surface area (Å²) in [6.07, 6.45) is 0. The van der Waals surface area contributed by atoms with E-state index in [-0.39, 0.29) is 0 Å². The molecule has 0 fully saturated rings. The Morgan fingerprint density at radius 2 is 2.12 bits per heavy atom. The van der Waals surface area contributed by atoms with Gasteiger partial charge in [0.05, 0.1) is 6.61 Å². The highest BCUT2D eigenvalue weighted by Crippen LogP contribution is 2.15. The number of carboxylic acids is 1. The van der Waals surface area contributed by atoms with Crippen molar-refractivity contribution in [1.29, 1.82) is 0 Å². The van der Waals surface area contributed by atoms with E-state index in [2.05, 4.69) is 5.32 Å². The smallest absolute Gasteiger partial charge is 0.328 e. The molecule has 0 heterocycles. The summed E-state index contributed by atoms with van der Waals surface area (Å²) >= 11 is 0. The number of carbonyl (C=O) groups is 2. The molecule has 1 amide bonds. The topological polar surface area (TPSA) is 113 Å². The molecular weight excluding hydrogens is 224 g/mol. The number of nitrogens with two attached hydrogens (primary N) is 1. The molecule has 1 rings (SSSR count). The molecule has 0 aromatic heterocycles. The Balaban J connectivity index is 2.90. The normalized spacial score (nSPS) is 11.9. The molecule has 0 aliphatic heterocycles. The largest absolute Gasteiger partial charge is 0.480 e. The third kappa shape index (κ3) is 2.94. The van der Waals surface area contributed by atoms with Gasteiger partial charge in [-0.05, 0) is 24.6 Å². The number of benzene rings is 1. The maximum Gasteiger partial charge on any atom is 0.328 e. The summed E-state index contributed by atoms with van der Waals surface area (Å²) in [5.41, 5.74) is 6.96. The van der Waals surface area contributed by atoms with Crippen LogP contribution in [-0.4, -0.2) is 34.7 Å². The van der Waals surface area contributed by atoms with Crippen molar-refractivity contribution >= 4 is 17.6 Å². The summed E-state index contributed by atoms with van der Waals surface area (Å²) in [5, 5.41) is 19.7. The van der Waals surface area contributed by atoms with Crippen molar-refractivity contribution in [3.05, 3.63) is 29.3 Å². The van der Waals surface area contributed by atoms with E-state index in [1.807, 2.05) is 0 Å². The lowest BCUT2D eigenvalue weighted by Gasteiger charge is -2.13. The Hall–Kier alpha value is -2.08. The van der Waals surface area contributed by atoms with Crippen molar-refractivity contribution in [1.82, 2.24) is 5.32 Å². The van der Waals surface area contributed by atoms with Gasteiger partial charge in [0, 0.05) is 11.3 Å². The van der Waals surface area contributed by atoms with Gasteiger partial charge < -0.3 is 21.3 Å². The quantitative estimate of drug-likeness (QED) is 0.540. The average molecular weight is 238 g/mol. The van der Waals surface area contributed by atoms with E-state index in [9.17, 15) is 9.59 Å². The van der Waals surface area contributed by atoms with Crippen LogP contribution in [0.4, 0.5) is 5.69 Å². The fraction of sp³-hybridized carbons (Fsp3) is 0.273. The molecule has 17 heavy (non-hydrogen) atoms. The van der Waals surface area contributed by atoms with Gasteiger partial charge in [0.15, 0.2) is 6.04 Å². The second kappa shape index (κ2) is 5.31. The molecule has 6 nitrogen and oxygen atoms in total. The molecule has 1 atom stereocenters. The number of rotatable bonds is 4. The van der Waals surface area contributed by atoms with Crippen molar-refractivity contribution in [2.75, 3.05) is 12.3 Å². The molecule has 0 aliphatic carbocycles. The molecule has 0 bridgehead atoms. The first-order chi connectivity index (χ1) is 7.97. The molecule has 0 aliphatic rings. The molecule has 1 aromatic carbocycles. The first-order valence-electron chi connectivity index (χ1n) is 4.97. The van der Waals surface area contributed by atoms with E-state index in [0.29, 0.717) is 16.8 Å². The van der Waals surface area contributed by atoms with Crippen LogP contribution in [0.5, 0.6) is 0 Å². The van der Waals surface area contributed by atoms with Crippen molar-refractivity contribution in [2.45, 2.75) is 13.0 Å². The minimum absolute atomic E-state index is 0.296. The lowest BCUT2D eigenvalue weighted by atomic mass is 10.1. The summed E-state index contributed by atoms with van der Waals surface area (Å²) in [6.45, 7) is 1.00. The van der Waals surface area contributed by atoms with Gasteiger partial charge in [-0.1, -0.05) is 6.07 Å². The number of nitrogen functional groups attached to an aromatic ring is 1. The molecule has 0 saturated heterocycles. The molecule has 0 saturated carbocycles. The maximum absolute atomic E-state index is 11.8. The number of anilines is 1. The van der Waals surface area contributed by atoms with Crippen LogP contribution in [0.25, 0.3) is 0 Å². The zero-order valence-corrected chi connectivity index (χ0v) is 9.30. The Labute approximate surface area is 98.1 Å². The van der Waals surface area contributed by atoms with Crippen LogP contribution in [-0.2, 0) is 4.79 Å². The monoisotopic (exact) mass is 238 g/mol. The Kier molecular flexibility index (Phi) is 4.06. The first kappa shape index (κ1) is 13.0. The average Bonchev–Trinajstić information content (AvgIpc) is 2.28. The summed E-state index contributed by atoms with van der Waals surface area (Å²) in [4.78, 5) is 22.4. The first-order valence-corrected chi connectivity index (χ1v) is 4.97. The summed E-state index contributed by atoms with van der Waals surface area (Å²) < 4.78 is 0. The molecule has 5 N–H and O–H groups in total. The van der Waals surface area contributed by atoms with Crippen LogP contribution in [0.2, 0.25) is 0 Å². The highest BCUT2D eigenvalue weighted by atomic mass is 16.4. The number of hydrogen-bond donors (Lipinski definition) is 4. The molecule has 6 heteroatoms. The number of hydrogen-bond acceptors (Lipinski definition) is 4. The lowest BCUT2D eigenvalue weighted by molar-refractivity contribution is -0.140. The van der Waals surface area contributed by atoms with E-state index in [1.165, 1.54) is 6.07 Å². The van der Waals surface area contributed by atoms with Gasteiger partial charge in [0.1, 0.15) is 0 Å². The van der Waals surface area contributed by atoms with E-state index < -0.39 is 24.5 Å². The second-order valence-electron chi connectivity index (χ2n) is 3.57. The Bertz CT molecular complexity index is 445. The van der Waals surface area contributed by atoms with Gasteiger partial charge in [0.25, 0.3) is 5.91 Å². The van der Waals surface area contributed by atoms with Crippen LogP contribution >= 0.6 is 0 Å². The van der Waals surface area contributed by atoms with Gasteiger partial charge >= 0.3 is 5.97 Å². The molecule has 0 spiro atoms. The van der Waals surface area contributed by atoms with Crippen molar-refractivity contribution in [2.24, 2.45) is 0 Å². The summed E-state index contributed by atoms with van der Waals surface area (Å²) in [5.74, 6) is -1.86. The van der Waals surface area contributed by atoms with Crippen molar-refractivity contribution < 1.29 is 19.8 Å². The van der Waals surface area contributed by atoms with Crippen LogP contribution in [0.1, 0.15) is 15.9 Å². The maximum atomic E-state index is 11.8. The minimum atomic E-state index is -1.32. The van der Waals surface area contributed by atoms with Gasteiger partial charge in [-0.25, -0.2) is 4.79 Å². The molecule has 92 valence electrons. The third-order valence-corrected chi connectivity index (χ3v) is 2.41. The summed E-state index contributed by atoms with van der Waals surface area (Å²) in [7, 11) is 0. The van der Waals surface area contributed by atoms with Crippen LogP contribution < -0.4 is 11.1 Å². The molecular formula is C11H14N2O4. The van der Waals surface area contributed by atoms with E-state index >= 15 is 0 Å². The summed E-state index contributed by atoms with van der Waals surface area (Å²) in [6, 6.07) is 3.47. The highest BCUT2D eigenvalue weighted by Gasteiger charge is 2.20. The van der Waals surface area contributed by atoms with Gasteiger partial charge in [0.2, 0.25) is 0 Å². The number of aliphatic hydroxyl groups is 1. The zero-order valence-electron chi connectivity index (χ0n) is 9.30. The molecule has 0 unspecified atom stereocenters. The van der Waals surface area contributed by atoms with Crippen LogP contribution in [0, 0.1) is 6.92 Å². The number of nitrogens with one attached hydrogen (secondary N) is 1. The third-order valence-electron chi connectivity index (χ3n) is 2.41. The number of aliphatic carboxylic acids is 1. The van der Waals surface area contributed by atoms with Gasteiger partial charge in [-0.15, -0.1) is 0 Å². The number of aliphatic hydroxyl groups excluding tert-OH is 1. The SMILES string of the molecule is Cc1c(N)cccc1C(=O)N[C@@H](CO)C(=O)O. The predicted octanol–water partition coefficient (Wildman–Crippen LogP) is -0.247. The number of carbonyl (C=O) groups excluding carboxylic acids is 1. The van der Waals surface area contributed by atoms with Crippen LogP contribution in [0.15, 0.2) is 18.2 Å². The highest BCUT2D eigenvalue weighted by molar-refractivity contribution is 5.98. The van der Waals surface area contributed by atoms with Gasteiger partial charge in [-0.3, -0.25) is 4.79 Å². The second-order valence-corrected chi connectivity index (χ2v) is 3.57. The van der Waals surface area contributed by atoms with E-state index in [1.54, 1.807) is 19.1 Å². The lowest BCUT2D eigenvalue weighted by Crippen LogP contribution is -2.43. The minimum Gasteiger partial charge on any atom is -0.480 e. The fourth-order valence-corrected chi connectivity index (χ4v) is 1.32. The Morgan fingerprint density at radius 3 is 2.65 bits per heavy atom. The number of carboxylic acid groups (broad SMARTS) is 1. The predicted molar refractivity (Wildman–Crippen MR) is 61.6 cm³/mol. The number of amides is 1. The Morgan fingerprint density at radius 1 is 1.47 bits per heavy atom. The van der Waals surface area contributed by atoms with E-state index in [4.69, 9.17) is 15.9 Å². The van der Waals surface area contributed by atoms with Crippen molar-refractivity contribution in [3.8, 4) is 0 Å². The zero-order chi connectivity index (χ0) is 13.0. The van der Waals surface area contributed by atoms with Crippen molar-refractivity contribution in [3.63, 3.8) is 0 Å². The standard InChI is InChI=1S/C11H14N2O4/c1-6-7(3-2-4-8(6)12)10(15)13-9(5-14)11(16)17/h2-4,9,14H,5,12H2,1H3,(H,13,15)(H,16,17)/t9-/m0/s1. The van der Waals surface area contributed by atoms with Crippen LogP contribution in [0.3, 0.4) is 0 Å². The fourth-order valence-electron chi connectivity index (χ4n) is 1.32. The van der Waals surface area contributed by atoms with Gasteiger partial charge in [-0.2, -0.15) is 0 Å². The molecule has 1 aromatic rings. The van der Waals surface area contributed by atoms with E-state index in [0.717, 1.165) is 0 Å². The molecule has 0 radical (unpaired) electrons.